The van der Waals surface area contributed by atoms with Crippen molar-refractivity contribution in [2.24, 2.45) is 0 Å². The predicted octanol–water partition coefficient (Wildman–Crippen LogP) is 0.674. The van der Waals surface area contributed by atoms with E-state index in [0.29, 0.717) is 12.8 Å². The van der Waals surface area contributed by atoms with Crippen LogP contribution in [0.1, 0.15) is 33.1 Å². The van der Waals surface area contributed by atoms with E-state index in [1.54, 1.807) is 0 Å². The molecule has 3 nitrogen and oxygen atoms in total. The minimum Gasteiger partial charge on any atom is -0.396 e. The van der Waals surface area contributed by atoms with E-state index in [1.165, 1.54) is 0 Å². The summed E-state index contributed by atoms with van der Waals surface area (Å²) in [5.41, 5.74) is 0. The Morgan fingerprint density at radius 1 is 1.55 bits per heavy atom. The second kappa shape index (κ2) is 6.16. The Hall–Kier alpha value is -0.570. The summed E-state index contributed by atoms with van der Waals surface area (Å²) in [6.45, 7) is 3.96. The first-order valence-corrected chi connectivity index (χ1v) is 4.14. The van der Waals surface area contributed by atoms with Gasteiger partial charge in [-0.05, 0) is 12.8 Å². The minimum absolute atomic E-state index is 0.0605. The molecule has 0 aromatic carbocycles. The van der Waals surface area contributed by atoms with Crippen molar-refractivity contribution in [1.82, 2.24) is 5.32 Å². The second-order valence-corrected chi connectivity index (χ2v) is 2.54. The average molecular weight is 159 g/mol. The van der Waals surface area contributed by atoms with Crippen LogP contribution in [0.15, 0.2) is 0 Å². The number of hydrogen-bond acceptors (Lipinski definition) is 2. The first-order chi connectivity index (χ1) is 5.24. The Morgan fingerprint density at radius 3 is 2.55 bits per heavy atom. The van der Waals surface area contributed by atoms with Crippen LogP contribution in [0.5, 0.6) is 0 Å². The van der Waals surface area contributed by atoms with E-state index in [1.807, 2.05) is 13.8 Å². The zero-order chi connectivity index (χ0) is 8.69. The highest BCUT2D eigenvalue weighted by molar-refractivity contribution is 5.75. The maximum absolute atomic E-state index is 10.9. The lowest BCUT2D eigenvalue weighted by molar-refractivity contribution is -0.121. The first kappa shape index (κ1) is 10.4. The van der Waals surface area contributed by atoms with Gasteiger partial charge in [-0.2, -0.15) is 0 Å². The largest absolute Gasteiger partial charge is 0.396 e. The van der Waals surface area contributed by atoms with E-state index in [0.717, 1.165) is 6.42 Å². The Kier molecular flexibility index (Phi) is 5.84. The number of carbonyl (C=O) groups excluding carboxylic acids is 1. The first-order valence-electron chi connectivity index (χ1n) is 4.14. The number of amides is 1. The maximum atomic E-state index is 10.9. The van der Waals surface area contributed by atoms with Crippen LogP contribution in [-0.4, -0.2) is 23.7 Å². The van der Waals surface area contributed by atoms with Gasteiger partial charge in [0.2, 0.25) is 5.91 Å². The summed E-state index contributed by atoms with van der Waals surface area (Å²) in [6.07, 6.45) is 2.05. The predicted molar refractivity (Wildman–Crippen MR) is 44.2 cm³/mol. The van der Waals surface area contributed by atoms with Crippen LogP contribution in [0, 0.1) is 0 Å². The average Bonchev–Trinajstić information content (AvgIpc) is 2.03. The van der Waals surface area contributed by atoms with E-state index in [-0.39, 0.29) is 18.6 Å². The molecule has 1 amide bonds. The zero-order valence-corrected chi connectivity index (χ0v) is 7.26. The van der Waals surface area contributed by atoms with Gasteiger partial charge in [0, 0.05) is 19.1 Å². The zero-order valence-electron chi connectivity index (χ0n) is 7.26. The van der Waals surface area contributed by atoms with Crippen molar-refractivity contribution in [3.8, 4) is 0 Å². The molecule has 0 saturated carbocycles. The van der Waals surface area contributed by atoms with E-state index >= 15 is 0 Å². The van der Waals surface area contributed by atoms with Crippen molar-refractivity contribution in [3.63, 3.8) is 0 Å². The normalized spacial score (nSPS) is 12.6. The molecule has 0 aromatic rings. The number of rotatable bonds is 5. The number of nitrogens with one attached hydrogen (secondary N) is 1. The number of carbonyl (C=O) groups is 1. The SMILES string of the molecule is CCC(=O)NC(CC)CCO. The number of aliphatic hydroxyl groups excluding tert-OH is 1. The standard InChI is InChI=1S/C8H17NO2/c1-3-7(5-6-10)9-8(11)4-2/h7,10H,3-6H2,1-2H3,(H,9,11). The molecule has 2 N–H and O–H groups in total. The molecule has 0 aliphatic rings. The molecule has 3 heteroatoms. The molecule has 1 unspecified atom stereocenters. The van der Waals surface area contributed by atoms with Gasteiger partial charge in [0.1, 0.15) is 0 Å². The van der Waals surface area contributed by atoms with Gasteiger partial charge in [0.15, 0.2) is 0 Å². The summed E-state index contributed by atoms with van der Waals surface area (Å²) < 4.78 is 0. The van der Waals surface area contributed by atoms with Crippen LogP contribution in [0.4, 0.5) is 0 Å². The van der Waals surface area contributed by atoms with Gasteiger partial charge in [-0.15, -0.1) is 0 Å². The monoisotopic (exact) mass is 159 g/mol. The Balaban J connectivity index is 3.58. The minimum atomic E-state index is 0.0605. The van der Waals surface area contributed by atoms with E-state index in [9.17, 15) is 4.79 Å². The highest BCUT2D eigenvalue weighted by Crippen LogP contribution is 1.96. The van der Waals surface area contributed by atoms with Gasteiger partial charge in [0.25, 0.3) is 0 Å². The molecule has 0 bridgehead atoms. The van der Waals surface area contributed by atoms with Gasteiger partial charge < -0.3 is 10.4 Å². The lowest BCUT2D eigenvalue weighted by Crippen LogP contribution is -2.34. The quantitative estimate of drug-likeness (QED) is 0.619. The van der Waals surface area contributed by atoms with Crippen LogP contribution in [-0.2, 0) is 4.79 Å². The smallest absolute Gasteiger partial charge is 0.219 e. The molecule has 0 aliphatic heterocycles. The Labute approximate surface area is 67.8 Å². The van der Waals surface area contributed by atoms with Crippen LogP contribution in [0.3, 0.4) is 0 Å². The van der Waals surface area contributed by atoms with Crippen molar-refractivity contribution in [2.75, 3.05) is 6.61 Å². The molecule has 0 heterocycles. The van der Waals surface area contributed by atoms with Crippen LogP contribution in [0.2, 0.25) is 0 Å². The fourth-order valence-electron chi connectivity index (χ4n) is 0.864. The molecule has 66 valence electrons. The summed E-state index contributed by atoms with van der Waals surface area (Å²) in [5, 5.41) is 11.4. The van der Waals surface area contributed by atoms with Crippen LogP contribution < -0.4 is 5.32 Å². The third kappa shape index (κ3) is 4.79. The third-order valence-corrected chi connectivity index (χ3v) is 1.66. The van der Waals surface area contributed by atoms with Gasteiger partial charge in [0.05, 0.1) is 0 Å². The molecular weight excluding hydrogens is 142 g/mol. The summed E-state index contributed by atoms with van der Waals surface area (Å²) in [4.78, 5) is 10.9. The van der Waals surface area contributed by atoms with Crippen molar-refractivity contribution in [3.05, 3.63) is 0 Å². The van der Waals surface area contributed by atoms with Gasteiger partial charge >= 0.3 is 0 Å². The van der Waals surface area contributed by atoms with Crippen LogP contribution >= 0.6 is 0 Å². The lowest BCUT2D eigenvalue weighted by atomic mass is 10.1. The highest BCUT2D eigenvalue weighted by atomic mass is 16.3. The molecule has 0 rings (SSSR count). The molecule has 11 heavy (non-hydrogen) atoms. The number of hydrogen-bond donors (Lipinski definition) is 2. The summed E-state index contributed by atoms with van der Waals surface area (Å²) in [5.74, 6) is 0.0605. The summed E-state index contributed by atoms with van der Waals surface area (Å²) >= 11 is 0. The lowest BCUT2D eigenvalue weighted by Gasteiger charge is -2.14. The van der Waals surface area contributed by atoms with Crippen molar-refractivity contribution < 1.29 is 9.90 Å². The molecule has 0 fully saturated rings. The number of aliphatic hydroxyl groups is 1. The summed E-state index contributed by atoms with van der Waals surface area (Å²) in [7, 11) is 0. The molecular formula is C8H17NO2. The van der Waals surface area contributed by atoms with Crippen LogP contribution in [0.25, 0.3) is 0 Å². The Bertz CT molecular complexity index is 115. The highest BCUT2D eigenvalue weighted by Gasteiger charge is 2.06. The fourth-order valence-corrected chi connectivity index (χ4v) is 0.864. The van der Waals surface area contributed by atoms with Crippen molar-refractivity contribution in [2.45, 2.75) is 39.2 Å². The van der Waals surface area contributed by atoms with Gasteiger partial charge in [-0.1, -0.05) is 13.8 Å². The van der Waals surface area contributed by atoms with Gasteiger partial charge in [-0.25, -0.2) is 0 Å². The van der Waals surface area contributed by atoms with E-state index < -0.39 is 0 Å². The topological polar surface area (TPSA) is 49.3 Å². The molecule has 0 spiro atoms. The molecule has 0 saturated heterocycles. The Morgan fingerprint density at radius 2 is 2.18 bits per heavy atom. The molecule has 0 radical (unpaired) electrons. The third-order valence-electron chi connectivity index (χ3n) is 1.66. The molecule has 1 atom stereocenters. The van der Waals surface area contributed by atoms with Crippen molar-refractivity contribution >= 4 is 5.91 Å². The molecule has 0 aromatic heterocycles. The van der Waals surface area contributed by atoms with Crippen molar-refractivity contribution in [1.29, 1.82) is 0 Å². The molecule has 0 aliphatic carbocycles. The maximum Gasteiger partial charge on any atom is 0.219 e. The summed E-state index contributed by atoms with van der Waals surface area (Å²) in [6, 6.07) is 0.146. The van der Waals surface area contributed by atoms with E-state index in [4.69, 9.17) is 5.11 Å². The van der Waals surface area contributed by atoms with E-state index in [2.05, 4.69) is 5.32 Å². The fraction of sp³-hybridized carbons (Fsp3) is 0.875. The van der Waals surface area contributed by atoms with Gasteiger partial charge in [-0.3, -0.25) is 4.79 Å². The second-order valence-electron chi connectivity index (χ2n) is 2.54.